The van der Waals surface area contributed by atoms with E-state index in [9.17, 15) is 9.59 Å². The number of carboxylic acids is 1. The number of para-hydroxylation sites is 1. The van der Waals surface area contributed by atoms with Crippen molar-refractivity contribution >= 4 is 18.2 Å². The van der Waals surface area contributed by atoms with Crippen LogP contribution in [0.2, 0.25) is 0 Å². The number of carbonyl (C=O) groups is 2. The van der Waals surface area contributed by atoms with Crippen LogP contribution >= 0.6 is 0 Å². The first-order valence-corrected chi connectivity index (χ1v) is 5.53. The molecule has 3 N–H and O–H groups in total. The van der Waals surface area contributed by atoms with Gasteiger partial charge in [-0.25, -0.2) is 9.80 Å². The van der Waals surface area contributed by atoms with Crippen molar-refractivity contribution < 1.29 is 24.2 Å². The molecule has 0 saturated heterocycles. The van der Waals surface area contributed by atoms with E-state index in [2.05, 4.69) is 5.10 Å². The van der Waals surface area contributed by atoms with Crippen molar-refractivity contribution in [2.45, 2.75) is 0 Å². The number of carboxylic acid groups (broad SMARTS) is 1. The zero-order valence-corrected chi connectivity index (χ0v) is 11.1. The zero-order valence-electron chi connectivity index (χ0n) is 11.1. The van der Waals surface area contributed by atoms with Gasteiger partial charge in [0.05, 0.1) is 20.4 Å². The number of nitrogens with two attached hydrogens (primary N) is 1. The smallest absolute Gasteiger partial charge is 0.335 e. The van der Waals surface area contributed by atoms with E-state index in [4.69, 9.17) is 20.3 Å². The molecule has 1 rings (SSSR count). The van der Waals surface area contributed by atoms with E-state index in [0.717, 1.165) is 0 Å². The van der Waals surface area contributed by atoms with Gasteiger partial charge in [-0.15, -0.1) is 0 Å². The highest BCUT2D eigenvalue weighted by Gasteiger charge is 2.13. The van der Waals surface area contributed by atoms with Crippen LogP contribution in [-0.2, 0) is 4.79 Å². The summed E-state index contributed by atoms with van der Waals surface area (Å²) in [5, 5.41) is 13.0. The van der Waals surface area contributed by atoms with E-state index in [0.29, 0.717) is 22.1 Å². The number of rotatable bonds is 6. The number of hydrazone groups is 1. The highest BCUT2D eigenvalue weighted by atomic mass is 16.5. The van der Waals surface area contributed by atoms with Crippen molar-refractivity contribution in [3.05, 3.63) is 23.8 Å². The van der Waals surface area contributed by atoms with Gasteiger partial charge >= 0.3 is 12.0 Å². The summed E-state index contributed by atoms with van der Waals surface area (Å²) in [5.74, 6) is -0.322. The summed E-state index contributed by atoms with van der Waals surface area (Å²) in [4.78, 5) is 21.6. The Bertz CT molecular complexity index is 530. The number of hydrogen-bond acceptors (Lipinski definition) is 5. The Labute approximate surface area is 115 Å². The summed E-state index contributed by atoms with van der Waals surface area (Å²) < 4.78 is 10.3. The Kier molecular flexibility index (Phi) is 5.33. The number of benzene rings is 1. The summed E-state index contributed by atoms with van der Waals surface area (Å²) >= 11 is 0. The van der Waals surface area contributed by atoms with Crippen LogP contribution in [0.25, 0.3) is 0 Å². The fraction of sp³-hybridized carbons (Fsp3) is 0.250. The Morgan fingerprint density at radius 1 is 1.40 bits per heavy atom. The number of primary amides is 1. The van der Waals surface area contributed by atoms with E-state index in [1.165, 1.54) is 20.4 Å². The van der Waals surface area contributed by atoms with Crippen molar-refractivity contribution in [3.8, 4) is 11.5 Å². The van der Waals surface area contributed by atoms with Gasteiger partial charge in [-0.05, 0) is 12.1 Å². The average Bonchev–Trinajstić information content (AvgIpc) is 2.42. The highest BCUT2D eigenvalue weighted by molar-refractivity contribution is 5.87. The third-order valence-corrected chi connectivity index (χ3v) is 2.31. The van der Waals surface area contributed by atoms with Crippen LogP contribution in [-0.4, -0.2) is 49.1 Å². The second-order valence-electron chi connectivity index (χ2n) is 3.62. The standard InChI is InChI=1S/C12H15N3O5/c1-19-9-5-3-4-8(11(9)20-2)6-14-15(12(13)18)7-10(16)17/h3-6H,7H2,1-2H3,(H2,13,18)(H,16,17)/b14-6-. The van der Waals surface area contributed by atoms with Crippen molar-refractivity contribution in [1.29, 1.82) is 0 Å². The lowest BCUT2D eigenvalue weighted by Gasteiger charge is -2.12. The molecule has 0 unspecified atom stereocenters. The minimum atomic E-state index is -1.22. The van der Waals surface area contributed by atoms with Gasteiger partial charge in [-0.2, -0.15) is 5.10 Å². The monoisotopic (exact) mass is 281 g/mol. The molecule has 108 valence electrons. The van der Waals surface area contributed by atoms with Gasteiger partial charge in [0, 0.05) is 5.56 Å². The predicted octanol–water partition coefficient (Wildman–Crippen LogP) is 0.503. The van der Waals surface area contributed by atoms with Crippen LogP contribution in [0.1, 0.15) is 5.56 Å². The molecule has 8 nitrogen and oxygen atoms in total. The predicted molar refractivity (Wildman–Crippen MR) is 71.1 cm³/mol. The summed E-state index contributed by atoms with van der Waals surface area (Å²) in [6.45, 7) is -0.627. The second kappa shape index (κ2) is 6.98. The molecule has 2 amide bonds. The first kappa shape index (κ1) is 15.3. The molecule has 0 heterocycles. The van der Waals surface area contributed by atoms with E-state index >= 15 is 0 Å². The van der Waals surface area contributed by atoms with Gasteiger partial charge in [-0.3, -0.25) is 4.79 Å². The maximum absolute atomic E-state index is 11.0. The summed E-state index contributed by atoms with van der Waals surface area (Å²) in [6.07, 6.45) is 1.27. The topological polar surface area (TPSA) is 114 Å². The maximum atomic E-state index is 11.0. The van der Waals surface area contributed by atoms with Crippen molar-refractivity contribution in [1.82, 2.24) is 5.01 Å². The lowest BCUT2D eigenvalue weighted by atomic mass is 10.2. The van der Waals surface area contributed by atoms with Crippen LogP contribution in [0, 0.1) is 0 Å². The van der Waals surface area contributed by atoms with E-state index in [1.807, 2.05) is 0 Å². The Hall–Kier alpha value is -2.77. The molecule has 0 bridgehead atoms. The van der Waals surface area contributed by atoms with Crippen molar-refractivity contribution in [2.75, 3.05) is 20.8 Å². The quantitative estimate of drug-likeness (QED) is 0.582. The summed E-state index contributed by atoms with van der Waals surface area (Å²) in [7, 11) is 2.94. The molecule has 0 atom stereocenters. The van der Waals surface area contributed by atoms with Gasteiger partial charge in [0.2, 0.25) is 0 Å². The van der Waals surface area contributed by atoms with Crippen molar-refractivity contribution in [2.24, 2.45) is 10.8 Å². The molecule has 0 fully saturated rings. The van der Waals surface area contributed by atoms with E-state index in [-0.39, 0.29) is 0 Å². The third kappa shape index (κ3) is 3.87. The molecule has 0 aliphatic carbocycles. The second-order valence-corrected chi connectivity index (χ2v) is 3.62. The zero-order chi connectivity index (χ0) is 15.1. The third-order valence-electron chi connectivity index (χ3n) is 2.31. The highest BCUT2D eigenvalue weighted by Crippen LogP contribution is 2.29. The van der Waals surface area contributed by atoms with E-state index < -0.39 is 18.5 Å². The maximum Gasteiger partial charge on any atom is 0.335 e. The fourth-order valence-corrected chi connectivity index (χ4v) is 1.45. The summed E-state index contributed by atoms with van der Waals surface area (Å²) in [5.41, 5.74) is 5.55. The number of urea groups is 1. The number of hydrogen-bond donors (Lipinski definition) is 2. The van der Waals surface area contributed by atoms with Crippen LogP contribution in [0.15, 0.2) is 23.3 Å². The Morgan fingerprint density at radius 3 is 2.60 bits per heavy atom. The molecular weight excluding hydrogens is 266 g/mol. The molecule has 0 aliphatic heterocycles. The fourth-order valence-electron chi connectivity index (χ4n) is 1.45. The van der Waals surface area contributed by atoms with Crippen molar-refractivity contribution in [3.63, 3.8) is 0 Å². The van der Waals surface area contributed by atoms with Gasteiger partial charge < -0.3 is 20.3 Å². The molecular formula is C12H15N3O5. The minimum Gasteiger partial charge on any atom is -0.493 e. The molecule has 0 saturated carbocycles. The molecule has 1 aromatic rings. The van der Waals surface area contributed by atoms with Crippen LogP contribution in [0.3, 0.4) is 0 Å². The number of amides is 2. The molecule has 0 aromatic heterocycles. The SMILES string of the molecule is COc1cccc(/C=N\N(CC(=O)O)C(N)=O)c1OC. The first-order chi connectivity index (χ1) is 9.49. The van der Waals surface area contributed by atoms with Crippen LogP contribution < -0.4 is 15.2 Å². The Morgan fingerprint density at radius 2 is 2.10 bits per heavy atom. The number of carbonyl (C=O) groups excluding carboxylic acids is 1. The molecule has 8 heteroatoms. The average molecular weight is 281 g/mol. The van der Waals surface area contributed by atoms with Crippen LogP contribution in [0.4, 0.5) is 4.79 Å². The number of methoxy groups -OCH3 is 2. The van der Waals surface area contributed by atoms with Crippen LogP contribution in [0.5, 0.6) is 11.5 Å². The summed E-state index contributed by atoms with van der Waals surface area (Å²) in [6, 6.07) is 4.10. The molecule has 20 heavy (non-hydrogen) atoms. The lowest BCUT2D eigenvalue weighted by Crippen LogP contribution is -2.35. The van der Waals surface area contributed by atoms with E-state index in [1.54, 1.807) is 18.2 Å². The lowest BCUT2D eigenvalue weighted by molar-refractivity contribution is -0.137. The Balaban J connectivity index is 3.04. The first-order valence-electron chi connectivity index (χ1n) is 5.53. The van der Waals surface area contributed by atoms with Gasteiger partial charge in [0.1, 0.15) is 6.54 Å². The number of aliphatic carboxylic acids is 1. The van der Waals surface area contributed by atoms with Gasteiger partial charge in [0.25, 0.3) is 0 Å². The molecule has 0 aliphatic rings. The molecule has 0 spiro atoms. The van der Waals surface area contributed by atoms with Gasteiger partial charge in [-0.1, -0.05) is 6.07 Å². The normalized spacial score (nSPS) is 10.3. The molecule has 1 aromatic carbocycles. The minimum absolute atomic E-state index is 0.415. The number of nitrogens with zero attached hydrogens (tertiary/aromatic N) is 2. The number of ether oxygens (including phenoxy) is 2. The largest absolute Gasteiger partial charge is 0.493 e. The molecule has 0 radical (unpaired) electrons. The van der Waals surface area contributed by atoms with Gasteiger partial charge in [0.15, 0.2) is 11.5 Å².